The maximum absolute atomic E-state index is 13.0. The summed E-state index contributed by atoms with van der Waals surface area (Å²) in [6, 6.07) is 5.97. The molecule has 1 atom stereocenters. The van der Waals surface area contributed by atoms with E-state index in [4.69, 9.17) is 0 Å². The van der Waals surface area contributed by atoms with E-state index in [-0.39, 0.29) is 16.5 Å². The number of rotatable bonds is 3. The summed E-state index contributed by atoms with van der Waals surface area (Å²) in [5, 5.41) is 5.18. The lowest BCUT2D eigenvalue weighted by Crippen LogP contribution is -2.31. The molecule has 0 amide bonds. The predicted molar refractivity (Wildman–Crippen MR) is 103 cm³/mol. The molecule has 1 unspecified atom stereocenters. The Morgan fingerprint density at radius 2 is 2.04 bits per heavy atom. The minimum absolute atomic E-state index is 0.193. The van der Waals surface area contributed by atoms with Crippen molar-refractivity contribution >= 4 is 20.9 Å². The first-order valence-corrected chi connectivity index (χ1v) is 10.4. The van der Waals surface area contributed by atoms with E-state index >= 15 is 0 Å². The van der Waals surface area contributed by atoms with Gasteiger partial charge in [-0.25, -0.2) is 13.1 Å². The lowest BCUT2D eigenvalue weighted by atomic mass is 9.92. The standard InChI is InChI=1S/C19H22N4O3S/c1-11-9-18(24)20-15-8-7-13(10-14(11)15)27(25,26)22-16-5-4-6-17-19(16)12(2)21-23(17)3/h7-10,16,22H,4-6H2,1-3H3,(H,20,24). The Labute approximate surface area is 157 Å². The van der Waals surface area contributed by atoms with Gasteiger partial charge in [-0.15, -0.1) is 0 Å². The summed E-state index contributed by atoms with van der Waals surface area (Å²) in [4.78, 5) is 14.5. The summed E-state index contributed by atoms with van der Waals surface area (Å²) in [5.74, 6) is 0. The molecule has 0 saturated heterocycles. The fraction of sp³-hybridized carbons (Fsp3) is 0.368. The number of benzene rings is 1. The second kappa shape index (κ2) is 6.31. The van der Waals surface area contributed by atoms with Crippen LogP contribution in [-0.4, -0.2) is 23.2 Å². The zero-order valence-electron chi connectivity index (χ0n) is 15.5. The zero-order valence-corrected chi connectivity index (χ0v) is 16.4. The predicted octanol–water partition coefficient (Wildman–Crippen LogP) is 2.23. The van der Waals surface area contributed by atoms with Gasteiger partial charge in [0.15, 0.2) is 0 Å². The molecule has 8 heteroatoms. The second-order valence-electron chi connectivity index (χ2n) is 7.16. The molecule has 1 aliphatic rings. The average molecular weight is 386 g/mol. The van der Waals surface area contributed by atoms with Crippen molar-refractivity contribution in [3.63, 3.8) is 0 Å². The van der Waals surface area contributed by atoms with E-state index in [0.29, 0.717) is 5.52 Å². The van der Waals surface area contributed by atoms with Crippen molar-refractivity contribution in [2.75, 3.05) is 0 Å². The SMILES string of the molecule is Cc1nn(C)c2c1C(NS(=O)(=O)c1ccc3[nH]c(=O)cc(C)c3c1)CCC2. The molecule has 0 bridgehead atoms. The minimum atomic E-state index is -3.71. The first kappa shape index (κ1) is 17.9. The molecule has 7 nitrogen and oxygen atoms in total. The summed E-state index contributed by atoms with van der Waals surface area (Å²) >= 11 is 0. The number of hydrogen-bond donors (Lipinski definition) is 2. The smallest absolute Gasteiger partial charge is 0.248 e. The van der Waals surface area contributed by atoms with Crippen LogP contribution in [0.1, 0.15) is 41.4 Å². The van der Waals surface area contributed by atoms with Crippen LogP contribution in [0.4, 0.5) is 0 Å². The Morgan fingerprint density at radius 3 is 2.81 bits per heavy atom. The molecule has 0 radical (unpaired) electrons. The van der Waals surface area contributed by atoms with Gasteiger partial charge in [-0.2, -0.15) is 5.10 Å². The second-order valence-corrected chi connectivity index (χ2v) is 8.87. The van der Waals surface area contributed by atoms with Crippen LogP contribution in [0.5, 0.6) is 0 Å². The lowest BCUT2D eigenvalue weighted by Gasteiger charge is -2.24. The fourth-order valence-corrected chi connectivity index (χ4v) is 5.30. The van der Waals surface area contributed by atoms with E-state index in [1.165, 1.54) is 12.1 Å². The first-order valence-electron chi connectivity index (χ1n) is 8.94. The summed E-state index contributed by atoms with van der Waals surface area (Å²) in [6.07, 6.45) is 2.57. The lowest BCUT2D eigenvalue weighted by molar-refractivity contribution is 0.497. The van der Waals surface area contributed by atoms with E-state index in [2.05, 4.69) is 14.8 Å². The van der Waals surface area contributed by atoms with Crippen LogP contribution in [0.2, 0.25) is 0 Å². The topological polar surface area (TPSA) is 96.8 Å². The minimum Gasteiger partial charge on any atom is -0.322 e. The van der Waals surface area contributed by atoms with Gasteiger partial charge in [-0.3, -0.25) is 9.48 Å². The Bertz CT molecular complexity index is 1210. The number of nitrogens with zero attached hydrogens (tertiary/aromatic N) is 2. The van der Waals surface area contributed by atoms with Crippen LogP contribution in [0.25, 0.3) is 10.9 Å². The van der Waals surface area contributed by atoms with Crippen LogP contribution in [0.3, 0.4) is 0 Å². The molecule has 2 aromatic heterocycles. The number of fused-ring (bicyclic) bond motifs is 2. The molecule has 4 rings (SSSR count). The monoisotopic (exact) mass is 386 g/mol. The largest absolute Gasteiger partial charge is 0.322 e. The highest BCUT2D eigenvalue weighted by Crippen LogP contribution is 2.33. The third-order valence-corrected chi connectivity index (χ3v) is 6.74. The van der Waals surface area contributed by atoms with Gasteiger partial charge >= 0.3 is 0 Å². The molecule has 3 aromatic rings. The van der Waals surface area contributed by atoms with Gasteiger partial charge < -0.3 is 4.98 Å². The highest BCUT2D eigenvalue weighted by molar-refractivity contribution is 7.89. The highest BCUT2D eigenvalue weighted by atomic mass is 32.2. The molecule has 1 aliphatic carbocycles. The Morgan fingerprint density at radius 1 is 1.26 bits per heavy atom. The highest BCUT2D eigenvalue weighted by Gasteiger charge is 2.30. The van der Waals surface area contributed by atoms with Crippen LogP contribution >= 0.6 is 0 Å². The molecule has 142 valence electrons. The molecule has 0 saturated carbocycles. The maximum atomic E-state index is 13.0. The van der Waals surface area contributed by atoms with E-state index in [0.717, 1.165) is 47.2 Å². The molecule has 0 fully saturated rings. The van der Waals surface area contributed by atoms with Crippen molar-refractivity contribution in [1.29, 1.82) is 0 Å². The molecule has 0 spiro atoms. The van der Waals surface area contributed by atoms with Gasteiger partial charge in [-0.1, -0.05) is 0 Å². The Kier molecular flexibility index (Phi) is 4.20. The number of aromatic amines is 1. The third-order valence-electron chi connectivity index (χ3n) is 5.28. The molecule has 0 aliphatic heterocycles. The zero-order chi connectivity index (χ0) is 19.3. The fourth-order valence-electron chi connectivity index (χ4n) is 4.03. The number of sulfonamides is 1. The van der Waals surface area contributed by atoms with Crippen LogP contribution < -0.4 is 10.3 Å². The van der Waals surface area contributed by atoms with Crippen molar-refractivity contribution in [3.8, 4) is 0 Å². The van der Waals surface area contributed by atoms with Crippen molar-refractivity contribution in [3.05, 3.63) is 57.1 Å². The molecule has 1 aromatic carbocycles. The van der Waals surface area contributed by atoms with E-state index in [1.54, 1.807) is 19.1 Å². The van der Waals surface area contributed by atoms with Gasteiger partial charge in [0.25, 0.3) is 0 Å². The number of aromatic nitrogens is 3. The maximum Gasteiger partial charge on any atom is 0.248 e. The first-order chi connectivity index (χ1) is 12.8. The Balaban J connectivity index is 1.73. The van der Waals surface area contributed by atoms with Crippen molar-refractivity contribution in [1.82, 2.24) is 19.5 Å². The molecule has 27 heavy (non-hydrogen) atoms. The Hall–Kier alpha value is -2.45. The van der Waals surface area contributed by atoms with Gasteiger partial charge in [0.2, 0.25) is 15.6 Å². The summed E-state index contributed by atoms with van der Waals surface area (Å²) in [5.41, 5.74) is 4.13. The molecule has 2 N–H and O–H groups in total. The van der Waals surface area contributed by atoms with E-state index < -0.39 is 10.0 Å². The molecule has 2 heterocycles. The van der Waals surface area contributed by atoms with Gasteiger partial charge in [-0.05, 0) is 56.9 Å². The van der Waals surface area contributed by atoms with Crippen molar-refractivity contribution in [2.24, 2.45) is 7.05 Å². The van der Waals surface area contributed by atoms with Crippen LogP contribution in [-0.2, 0) is 23.5 Å². The van der Waals surface area contributed by atoms with Crippen molar-refractivity contribution in [2.45, 2.75) is 44.0 Å². The number of pyridine rings is 1. The third kappa shape index (κ3) is 3.08. The van der Waals surface area contributed by atoms with E-state index in [9.17, 15) is 13.2 Å². The van der Waals surface area contributed by atoms with Gasteiger partial charge in [0.1, 0.15) is 0 Å². The molecular formula is C19H22N4O3S. The summed E-state index contributed by atoms with van der Waals surface area (Å²) in [6.45, 7) is 3.72. The van der Waals surface area contributed by atoms with Crippen LogP contribution in [0, 0.1) is 13.8 Å². The quantitative estimate of drug-likeness (QED) is 0.721. The summed E-state index contributed by atoms with van der Waals surface area (Å²) in [7, 11) is -1.81. The van der Waals surface area contributed by atoms with Gasteiger partial charge in [0.05, 0.1) is 16.6 Å². The number of hydrogen-bond acceptors (Lipinski definition) is 4. The molecular weight excluding hydrogens is 364 g/mol. The summed E-state index contributed by atoms with van der Waals surface area (Å²) < 4.78 is 30.8. The van der Waals surface area contributed by atoms with Gasteiger partial charge in [0, 0.05) is 35.3 Å². The number of aryl methyl sites for hydroxylation is 3. The number of H-pyrrole nitrogens is 1. The van der Waals surface area contributed by atoms with Crippen molar-refractivity contribution < 1.29 is 8.42 Å². The number of nitrogens with one attached hydrogen (secondary N) is 2. The normalized spacial score (nSPS) is 17.2. The van der Waals surface area contributed by atoms with E-state index in [1.807, 2.05) is 18.7 Å². The average Bonchev–Trinajstić information content (AvgIpc) is 2.89. The van der Waals surface area contributed by atoms with Crippen LogP contribution in [0.15, 0.2) is 34.0 Å².